The van der Waals surface area contributed by atoms with Crippen molar-refractivity contribution < 1.29 is 23.8 Å². The molecule has 1 saturated heterocycles. The number of nitrogens with zero attached hydrogens (tertiary/aromatic N) is 1. The molecule has 2 heterocycles. The molecule has 1 unspecified atom stereocenters. The third kappa shape index (κ3) is 3.68. The maximum absolute atomic E-state index is 13.2. The third-order valence-corrected chi connectivity index (χ3v) is 5.68. The van der Waals surface area contributed by atoms with Crippen LogP contribution in [0.2, 0.25) is 0 Å². The van der Waals surface area contributed by atoms with Gasteiger partial charge in [-0.15, -0.1) is 0 Å². The molecule has 0 saturated carbocycles. The van der Waals surface area contributed by atoms with Crippen LogP contribution in [0.15, 0.2) is 64.8 Å². The standard InChI is InChI=1S/C26H25NO5/c1-15-7-5-8-18(12-15)22-21(23(28)20-13-16(2)11-17(3)25(20)31-4)24(29)26(30)27(22)14-19-9-6-10-32-19/h5-13,22,28H,14H2,1-4H3/b23-21+. The van der Waals surface area contributed by atoms with Gasteiger partial charge in [0, 0.05) is 0 Å². The fourth-order valence-corrected chi connectivity index (χ4v) is 4.35. The van der Waals surface area contributed by atoms with E-state index in [0.717, 1.165) is 22.3 Å². The highest BCUT2D eigenvalue weighted by molar-refractivity contribution is 6.46. The van der Waals surface area contributed by atoms with E-state index in [1.165, 1.54) is 18.3 Å². The van der Waals surface area contributed by atoms with Gasteiger partial charge in [-0.05, 0) is 55.7 Å². The monoisotopic (exact) mass is 431 g/mol. The van der Waals surface area contributed by atoms with Gasteiger partial charge < -0.3 is 19.2 Å². The first-order valence-corrected chi connectivity index (χ1v) is 10.3. The van der Waals surface area contributed by atoms with Crippen LogP contribution >= 0.6 is 0 Å². The molecule has 1 aliphatic rings. The van der Waals surface area contributed by atoms with Gasteiger partial charge >= 0.3 is 0 Å². The summed E-state index contributed by atoms with van der Waals surface area (Å²) in [5.74, 6) is -0.651. The summed E-state index contributed by atoms with van der Waals surface area (Å²) in [6, 6.07) is 14.0. The lowest BCUT2D eigenvalue weighted by atomic mass is 9.93. The Bertz CT molecular complexity index is 1220. The number of carbonyl (C=O) groups excluding carboxylic acids is 2. The highest BCUT2D eigenvalue weighted by atomic mass is 16.5. The van der Waals surface area contributed by atoms with Crippen molar-refractivity contribution in [1.82, 2.24) is 4.90 Å². The Kier molecular flexibility index (Phi) is 5.61. The van der Waals surface area contributed by atoms with Gasteiger partial charge in [0.05, 0.1) is 37.1 Å². The minimum Gasteiger partial charge on any atom is -0.507 e. The average molecular weight is 431 g/mol. The van der Waals surface area contributed by atoms with E-state index in [1.807, 2.05) is 51.1 Å². The van der Waals surface area contributed by atoms with Crippen LogP contribution in [-0.2, 0) is 16.1 Å². The Morgan fingerprint density at radius 1 is 1.06 bits per heavy atom. The van der Waals surface area contributed by atoms with Gasteiger partial charge in [-0.2, -0.15) is 0 Å². The van der Waals surface area contributed by atoms with Crippen molar-refractivity contribution in [3.63, 3.8) is 0 Å². The summed E-state index contributed by atoms with van der Waals surface area (Å²) in [4.78, 5) is 27.8. The molecule has 0 bridgehead atoms. The number of ether oxygens (including phenoxy) is 1. The Morgan fingerprint density at radius 3 is 2.50 bits per heavy atom. The van der Waals surface area contributed by atoms with Crippen molar-refractivity contribution >= 4 is 17.4 Å². The molecule has 1 fully saturated rings. The van der Waals surface area contributed by atoms with E-state index in [2.05, 4.69) is 0 Å². The first kappa shape index (κ1) is 21.4. The van der Waals surface area contributed by atoms with Crippen LogP contribution in [-0.4, -0.2) is 28.8 Å². The molecule has 0 aliphatic carbocycles. The second-order valence-corrected chi connectivity index (χ2v) is 8.08. The summed E-state index contributed by atoms with van der Waals surface area (Å²) < 4.78 is 11.0. The van der Waals surface area contributed by atoms with Crippen molar-refractivity contribution in [1.29, 1.82) is 0 Å². The highest BCUT2D eigenvalue weighted by Gasteiger charge is 2.46. The van der Waals surface area contributed by atoms with Gasteiger partial charge in [-0.1, -0.05) is 35.9 Å². The number of carbonyl (C=O) groups is 2. The Hall–Kier alpha value is -3.80. The first-order valence-electron chi connectivity index (χ1n) is 10.3. The molecule has 3 aromatic rings. The second kappa shape index (κ2) is 8.38. The zero-order valence-electron chi connectivity index (χ0n) is 18.5. The third-order valence-electron chi connectivity index (χ3n) is 5.68. The van der Waals surface area contributed by atoms with Gasteiger partial charge in [-0.3, -0.25) is 9.59 Å². The SMILES string of the molecule is COc1c(C)cc(C)cc1/C(O)=C1\C(=O)C(=O)N(Cc2ccco2)C1c1cccc(C)c1. The summed E-state index contributed by atoms with van der Waals surface area (Å²) in [6.07, 6.45) is 1.52. The normalized spacial score (nSPS) is 17.8. The molecule has 164 valence electrons. The van der Waals surface area contributed by atoms with E-state index in [9.17, 15) is 14.7 Å². The van der Waals surface area contributed by atoms with E-state index >= 15 is 0 Å². The minimum atomic E-state index is -0.759. The van der Waals surface area contributed by atoms with Crippen LogP contribution in [0.1, 0.15) is 39.6 Å². The molecular weight excluding hydrogens is 406 g/mol. The van der Waals surface area contributed by atoms with Crippen molar-refractivity contribution in [2.24, 2.45) is 0 Å². The van der Waals surface area contributed by atoms with Crippen LogP contribution in [0.25, 0.3) is 5.76 Å². The molecule has 6 heteroatoms. The van der Waals surface area contributed by atoms with Crippen molar-refractivity contribution in [3.05, 3.63) is 93.9 Å². The Morgan fingerprint density at radius 2 is 1.84 bits per heavy atom. The lowest BCUT2D eigenvalue weighted by Gasteiger charge is -2.25. The molecule has 1 N–H and O–H groups in total. The van der Waals surface area contributed by atoms with Crippen LogP contribution in [0, 0.1) is 20.8 Å². The number of furan rings is 1. The predicted octanol–water partition coefficient (Wildman–Crippen LogP) is 4.84. The molecule has 1 aromatic heterocycles. The van der Waals surface area contributed by atoms with Gasteiger partial charge in [-0.25, -0.2) is 0 Å². The lowest BCUT2D eigenvalue weighted by Crippen LogP contribution is -2.29. The molecule has 4 rings (SSSR count). The van der Waals surface area contributed by atoms with E-state index in [0.29, 0.717) is 17.1 Å². The summed E-state index contributed by atoms with van der Waals surface area (Å²) >= 11 is 0. The van der Waals surface area contributed by atoms with Crippen molar-refractivity contribution in [3.8, 4) is 5.75 Å². The highest BCUT2D eigenvalue weighted by Crippen LogP contribution is 2.42. The molecular formula is C26H25NO5. The number of Topliss-reactive ketones (excluding diaryl/α,β-unsaturated/α-hetero) is 1. The first-order chi connectivity index (χ1) is 15.3. The molecule has 1 atom stereocenters. The van der Waals surface area contributed by atoms with E-state index < -0.39 is 17.7 Å². The zero-order chi connectivity index (χ0) is 23.0. The largest absolute Gasteiger partial charge is 0.507 e. The van der Waals surface area contributed by atoms with Crippen molar-refractivity contribution in [2.45, 2.75) is 33.4 Å². The number of aliphatic hydroxyl groups is 1. The minimum absolute atomic E-state index is 0.0375. The Labute approximate surface area is 186 Å². The number of amides is 1. The number of aryl methyl sites for hydroxylation is 3. The topological polar surface area (TPSA) is 80.0 Å². The number of hydrogen-bond acceptors (Lipinski definition) is 5. The smallest absolute Gasteiger partial charge is 0.296 e. The van der Waals surface area contributed by atoms with Gasteiger partial charge in [0.15, 0.2) is 0 Å². The molecule has 6 nitrogen and oxygen atoms in total. The molecule has 2 aromatic carbocycles. The molecule has 0 spiro atoms. The molecule has 1 aliphatic heterocycles. The van der Waals surface area contributed by atoms with Gasteiger partial charge in [0.1, 0.15) is 17.3 Å². The predicted molar refractivity (Wildman–Crippen MR) is 120 cm³/mol. The van der Waals surface area contributed by atoms with E-state index in [-0.39, 0.29) is 17.9 Å². The van der Waals surface area contributed by atoms with Gasteiger partial charge in [0.2, 0.25) is 0 Å². The number of methoxy groups -OCH3 is 1. The number of ketones is 1. The number of hydrogen-bond donors (Lipinski definition) is 1. The van der Waals surface area contributed by atoms with Crippen LogP contribution in [0.5, 0.6) is 5.75 Å². The van der Waals surface area contributed by atoms with E-state index in [1.54, 1.807) is 18.2 Å². The summed E-state index contributed by atoms with van der Waals surface area (Å²) in [5, 5.41) is 11.4. The maximum atomic E-state index is 13.2. The molecule has 1 amide bonds. The molecule has 0 radical (unpaired) electrons. The van der Waals surface area contributed by atoms with Crippen LogP contribution in [0.3, 0.4) is 0 Å². The fraction of sp³-hybridized carbons (Fsp3) is 0.231. The average Bonchev–Trinajstić information content (AvgIpc) is 3.35. The number of benzene rings is 2. The summed E-state index contributed by atoms with van der Waals surface area (Å²) in [7, 11) is 1.52. The van der Waals surface area contributed by atoms with Gasteiger partial charge in [0.25, 0.3) is 11.7 Å². The summed E-state index contributed by atoms with van der Waals surface area (Å²) in [6.45, 7) is 5.82. The number of aliphatic hydroxyl groups excluding tert-OH is 1. The van der Waals surface area contributed by atoms with Crippen LogP contribution in [0.4, 0.5) is 0 Å². The quantitative estimate of drug-likeness (QED) is 0.355. The Balaban J connectivity index is 1.95. The van der Waals surface area contributed by atoms with Crippen LogP contribution < -0.4 is 4.74 Å². The second-order valence-electron chi connectivity index (χ2n) is 8.08. The van der Waals surface area contributed by atoms with E-state index in [4.69, 9.17) is 9.15 Å². The fourth-order valence-electron chi connectivity index (χ4n) is 4.35. The maximum Gasteiger partial charge on any atom is 0.296 e. The lowest BCUT2D eigenvalue weighted by molar-refractivity contribution is -0.140. The summed E-state index contributed by atoms with van der Waals surface area (Å²) in [5.41, 5.74) is 3.87. The number of rotatable bonds is 5. The van der Waals surface area contributed by atoms with Crippen molar-refractivity contribution in [2.75, 3.05) is 7.11 Å². The molecule has 32 heavy (non-hydrogen) atoms. The number of likely N-dealkylation sites (tertiary alicyclic amines) is 1. The zero-order valence-corrected chi connectivity index (χ0v) is 18.5.